The van der Waals surface area contributed by atoms with Crippen LogP contribution in [-0.2, 0) is 12.7 Å². The van der Waals surface area contributed by atoms with Crippen LogP contribution in [-0.4, -0.2) is 16.4 Å². The fourth-order valence-electron chi connectivity index (χ4n) is 2.75. The molecule has 0 aliphatic heterocycles. The molecular weight excluding hydrogens is 369 g/mol. The first-order valence-corrected chi connectivity index (χ1v) is 8.70. The molecule has 0 spiro atoms. The molecule has 0 atom stereocenters. The topological polar surface area (TPSA) is 44.1 Å². The number of aryl methyl sites for hydroxylation is 2. The molecule has 146 valence electrons. The molecular formula is C21H19F3N2O2. The number of hydrogen-bond acceptors (Lipinski definition) is 3. The van der Waals surface area contributed by atoms with Crippen molar-refractivity contribution in [3.05, 3.63) is 81.6 Å². The summed E-state index contributed by atoms with van der Waals surface area (Å²) in [6, 6.07) is 14.9. The first kappa shape index (κ1) is 19.7. The third-order valence-corrected chi connectivity index (χ3v) is 4.25. The minimum absolute atomic E-state index is 0.0206. The van der Waals surface area contributed by atoms with Crippen molar-refractivity contribution in [2.45, 2.75) is 26.6 Å². The summed E-state index contributed by atoms with van der Waals surface area (Å²) >= 11 is 0. The maximum Gasteiger partial charge on any atom is 0.421 e. The highest BCUT2D eigenvalue weighted by Crippen LogP contribution is 2.29. The molecule has 1 aromatic heterocycles. The van der Waals surface area contributed by atoms with E-state index >= 15 is 0 Å². The van der Waals surface area contributed by atoms with Crippen molar-refractivity contribution in [3.8, 4) is 17.0 Å². The molecule has 3 aromatic rings. The Balaban J connectivity index is 1.91. The lowest BCUT2D eigenvalue weighted by Crippen LogP contribution is -2.32. The summed E-state index contributed by atoms with van der Waals surface area (Å²) in [5.41, 5.74) is 0.0579. The first-order valence-electron chi connectivity index (χ1n) is 8.70. The van der Waals surface area contributed by atoms with Crippen molar-refractivity contribution in [2.75, 3.05) is 6.61 Å². The van der Waals surface area contributed by atoms with Crippen LogP contribution in [0.4, 0.5) is 13.2 Å². The number of halogens is 3. The van der Waals surface area contributed by atoms with E-state index < -0.39 is 17.3 Å². The van der Waals surface area contributed by atoms with Gasteiger partial charge in [-0.3, -0.25) is 4.79 Å². The summed E-state index contributed by atoms with van der Waals surface area (Å²) in [6.45, 7) is 3.71. The van der Waals surface area contributed by atoms with Gasteiger partial charge < -0.3 is 4.74 Å². The lowest BCUT2D eigenvalue weighted by Gasteiger charge is -2.14. The highest BCUT2D eigenvalue weighted by atomic mass is 19.4. The van der Waals surface area contributed by atoms with Gasteiger partial charge in [-0.15, -0.1) is 0 Å². The maximum atomic E-state index is 13.3. The third-order valence-electron chi connectivity index (χ3n) is 4.25. The molecule has 4 nitrogen and oxygen atoms in total. The van der Waals surface area contributed by atoms with Crippen LogP contribution >= 0.6 is 0 Å². The Morgan fingerprint density at radius 1 is 1.04 bits per heavy atom. The SMILES string of the molecule is Cc1ccc(C)c(OCCn2nc(-c3ccccc3)cc(C(F)(F)F)c2=O)c1. The second kappa shape index (κ2) is 7.88. The van der Waals surface area contributed by atoms with E-state index in [0.29, 0.717) is 11.3 Å². The fraction of sp³-hybridized carbons (Fsp3) is 0.238. The molecule has 0 fully saturated rings. The predicted octanol–water partition coefficient (Wildman–Crippen LogP) is 4.62. The number of rotatable bonds is 5. The summed E-state index contributed by atoms with van der Waals surface area (Å²) in [6.07, 6.45) is -4.76. The van der Waals surface area contributed by atoms with Crippen LogP contribution in [0.2, 0.25) is 0 Å². The van der Waals surface area contributed by atoms with Gasteiger partial charge in [0.25, 0.3) is 5.56 Å². The summed E-state index contributed by atoms with van der Waals surface area (Å²) in [4.78, 5) is 12.3. The smallest absolute Gasteiger partial charge is 0.421 e. The van der Waals surface area contributed by atoms with Crippen molar-refractivity contribution >= 4 is 0 Å². The molecule has 0 aliphatic carbocycles. The molecule has 0 unspecified atom stereocenters. The van der Waals surface area contributed by atoms with E-state index in [1.165, 1.54) is 0 Å². The van der Waals surface area contributed by atoms with Crippen molar-refractivity contribution in [2.24, 2.45) is 0 Å². The maximum absolute atomic E-state index is 13.3. The van der Waals surface area contributed by atoms with Crippen LogP contribution < -0.4 is 10.3 Å². The molecule has 7 heteroatoms. The van der Waals surface area contributed by atoms with Crippen LogP contribution in [0.15, 0.2) is 59.4 Å². The highest BCUT2D eigenvalue weighted by Gasteiger charge is 2.35. The highest BCUT2D eigenvalue weighted by molar-refractivity contribution is 5.59. The largest absolute Gasteiger partial charge is 0.491 e. The molecule has 0 bridgehead atoms. The Morgan fingerprint density at radius 2 is 1.75 bits per heavy atom. The lowest BCUT2D eigenvalue weighted by atomic mass is 10.1. The zero-order chi connectivity index (χ0) is 20.3. The average Bonchev–Trinajstić information content (AvgIpc) is 2.65. The Bertz CT molecular complexity index is 1030. The third kappa shape index (κ3) is 4.42. The molecule has 0 saturated carbocycles. The van der Waals surface area contributed by atoms with Gasteiger partial charge in [-0.2, -0.15) is 18.3 Å². The quantitative estimate of drug-likeness (QED) is 0.640. The molecule has 1 heterocycles. The van der Waals surface area contributed by atoms with E-state index in [-0.39, 0.29) is 18.8 Å². The van der Waals surface area contributed by atoms with Gasteiger partial charge >= 0.3 is 6.18 Å². The minimum atomic E-state index is -4.76. The van der Waals surface area contributed by atoms with Gasteiger partial charge in [-0.05, 0) is 37.1 Å². The number of alkyl halides is 3. The van der Waals surface area contributed by atoms with Gasteiger partial charge in [-0.25, -0.2) is 4.68 Å². The van der Waals surface area contributed by atoms with E-state index in [0.717, 1.165) is 21.9 Å². The number of nitrogens with zero attached hydrogens (tertiary/aromatic N) is 2. The average molecular weight is 388 g/mol. The molecule has 2 aromatic carbocycles. The van der Waals surface area contributed by atoms with Gasteiger partial charge in [-0.1, -0.05) is 42.5 Å². The van der Waals surface area contributed by atoms with Gasteiger partial charge in [0.1, 0.15) is 17.9 Å². The zero-order valence-corrected chi connectivity index (χ0v) is 15.5. The van der Waals surface area contributed by atoms with Crippen molar-refractivity contribution in [3.63, 3.8) is 0 Å². The van der Waals surface area contributed by atoms with Crippen LogP contribution in [0, 0.1) is 13.8 Å². The van der Waals surface area contributed by atoms with Crippen LogP contribution in [0.3, 0.4) is 0 Å². The van der Waals surface area contributed by atoms with Gasteiger partial charge in [0.05, 0.1) is 12.2 Å². The lowest BCUT2D eigenvalue weighted by molar-refractivity contribution is -0.139. The molecule has 0 radical (unpaired) electrons. The minimum Gasteiger partial charge on any atom is -0.491 e. The number of aromatic nitrogens is 2. The molecule has 0 saturated heterocycles. The van der Waals surface area contributed by atoms with Gasteiger partial charge in [0, 0.05) is 5.56 Å². The van der Waals surface area contributed by atoms with Crippen LogP contribution in [0.25, 0.3) is 11.3 Å². The van der Waals surface area contributed by atoms with Crippen molar-refractivity contribution in [1.29, 1.82) is 0 Å². The monoisotopic (exact) mass is 388 g/mol. The zero-order valence-electron chi connectivity index (χ0n) is 15.5. The molecule has 0 aliphatic rings. The van der Waals surface area contributed by atoms with Crippen molar-refractivity contribution in [1.82, 2.24) is 9.78 Å². The second-order valence-electron chi connectivity index (χ2n) is 6.45. The molecule has 3 rings (SSSR count). The number of ether oxygens (including phenoxy) is 1. The Hall–Kier alpha value is -3.09. The standard InChI is InChI=1S/C21H19F3N2O2/c1-14-8-9-15(2)19(12-14)28-11-10-26-20(27)17(21(22,23)24)13-18(25-26)16-6-4-3-5-7-16/h3-9,12-13H,10-11H2,1-2H3. The predicted molar refractivity (Wildman–Crippen MR) is 100 cm³/mol. The Morgan fingerprint density at radius 3 is 2.43 bits per heavy atom. The van der Waals surface area contributed by atoms with E-state index in [1.807, 2.05) is 32.0 Å². The van der Waals surface area contributed by atoms with Gasteiger partial charge in [0.15, 0.2) is 0 Å². The molecule has 28 heavy (non-hydrogen) atoms. The first-order chi connectivity index (χ1) is 13.3. The normalized spacial score (nSPS) is 11.5. The van der Waals surface area contributed by atoms with Gasteiger partial charge in [0.2, 0.25) is 0 Å². The van der Waals surface area contributed by atoms with E-state index in [9.17, 15) is 18.0 Å². The summed E-state index contributed by atoms with van der Waals surface area (Å²) in [7, 11) is 0. The second-order valence-corrected chi connectivity index (χ2v) is 6.45. The van der Waals surface area contributed by atoms with Crippen LogP contribution in [0.5, 0.6) is 5.75 Å². The number of hydrogen-bond donors (Lipinski definition) is 0. The number of benzene rings is 2. The van der Waals surface area contributed by atoms with E-state index in [4.69, 9.17) is 4.74 Å². The summed E-state index contributed by atoms with van der Waals surface area (Å²) in [5.74, 6) is 0.628. The summed E-state index contributed by atoms with van der Waals surface area (Å²) < 4.78 is 46.5. The summed E-state index contributed by atoms with van der Waals surface area (Å²) in [5, 5.41) is 4.11. The van der Waals surface area contributed by atoms with E-state index in [1.54, 1.807) is 30.3 Å². The van der Waals surface area contributed by atoms with Crippen LogP contribution in [0.1, 0.15) is 16.7 Å². The van der Waals surface area contributed by atoms with Crippen molar-refractivity contribution < 1.29 is 17.9 Å². The molecule has 0 amide bonds. The Labute approximate surface area is 160 Å². The fourth-order valence-corrected chi connectivity index (χ4v) is 2.75. The van der Waals surface area contributed by atoms with E-state index in [2.05, 4.69) is 5.10 Å². The molecule has 0 N–H and O–H groups in total. The Kier molecular flexibility index (Phi) is 5.53.